The lowest BCUT2D eigenvalue weighted by atomic mass is 9.95. The van der Waals surface area contributed by atoms with Gasteiger partial charge in [-0.05, 0) is 25.0 Å². The molecular weight excluding hydrogens is 208 g/mol. The molecule has 84 valence electrons. The third-order valence-electron chi connectivity index (χ3n) is 2.85. The molecule has 0 aliphatic carbocycles. The van der Waals surface area contributed by atoms with Crippen molar-refractivity contribution in [3.63, 3.8) is 0 Å². The maximum atomic E-state index is 5.82. The molecular formula is C12H19ClN2. The molecule has 0 radical (unpaired) electrons. The van der Waals surface area contributed by atoms with E-state index in [2.05, 4.69) is 31.1 Å². The first-order chi connectivity index (χ1) is 7.17. The summed E-state index contributed by atoms with van der Waals surface area (Å²) in [6.45, 7) is 6.63. The Morgan fingerprint density at radius 3 is 2.53 bits per heavy atom. The van der Waals surface area contributed by atoms with Gasteiger partial charge in [-0.25, -0.2) is 4.98 Å². The number of hydrogen-bond donors (Lipinski definition) is 1. The van der Waals surface area contributed by atoms with Crippen molar-refractivity contribution in [2.75, 3.05) is 5.32 Å². The highest BCUT2D eigenvalue weighted by Crippen LogP contribution is 2.17. The van der Waals surface area contributed by atoms with Crippen LogP contribution in [0.5, 0.6) is 0 Å². The number of halogens is 1. The van der Waals surface area contributed by atoms with E-state index in [1.54, 1.807) is 6.07 Å². The van der Waals surface area contributed by atoms with Gasteiger partial charge in [0.2, 0.25) is 0 Å². The number of pyridine rings is 1. The summed E-state index contributed by atoms with van der Waals surface area (Å²) < 4.78 is 0. The summed E-state index contributed by atoms with van der Waals surface area (Å²) in [7, 11) is 0. The number of hydrogen-bond acceptors (Lipinski definition) is 2. The molecule has 1 heterocycles. The Balaban J connectivity index is 2.61. The van der Waals surface area contributed by atoms with Gasteiger partial charge >= 0.3 is 0 Å². The van der Waals surface area contributed by atoms with Crippen LogP contribution < -0.4 is 5.32 Å². The Kier molecular flexibility index (Phi) is 4.89. The second-order valence-corrected chi connectivity index (χ2v) is 4.24. The predicted octanol–water partition coefficient (Wildman–Crippen LogP) is 3.97. The van der Waals surface area contributed by atoms with Crippen LogP contribution in [0.15, 0.2) is 18.2 Å². The highest BCUT2D eigenvalue weighted by molar-refractivity contribution is 6.29. The van der Waals surface area contributed by atoms with Crippen molar-refractivity contribution in [1.82, 2.24) is 4.98 Å². The van der Waals surface area contributed by atoms with Gasteiger partial charge in [0.25, 0.3) is 0 Å². The molecule has 0 aliphatic rings. The first kappa shape index (κ1) is 12.3. The third kappa shape index (κ3) is 3.71. The number of aromatic nitrogens is 1. The van der Waals surface area contributed by atoms with E-state index in [0.717, 1.165) is 5.82 Å². The Morgan fingerprint density at radius 1 is 1.33 bits per heavy atom. The van der Waals surface area contributed by atoms with Gasteiger partial charge in [0.1, 0.15) is 11.0 Å². The van der Waals surface area contributed by atoms with Crippen molar-refractivity contribution < 1.29 is 0 Å². The van der Waals surface area contributed by atoms with E-state index >= 15 is 0 Å². The van der Waals surface area contributed by atoms with Gasteiger partial charge in [-0.3, -0.25) is 0 Å². The molecule has 1 unspecified atom stereocenters. The first-order valence-corrected chi connectivity index (χ1v) is 5.94. The molecule has 1 atom stereocenters. The van der Waals surface area contributed by atoms with Crippen molar-refractivity contribution >= 4 is 17.4 Å². The molecule has 0 spiro atoms. The molecule has 0 amide bonds. The topological polar surface area (TPSA) is 24.9 Å². The minimum absolute atomic E-state index is 0.436. The highest BCUT2D eigenvalue weighted by atomic mass is 35.5. The van der Waals surface area contributed by atoms with Crippen LogP contribution in [0, 0.1) is 5.92 Å². The largest absolute Gasteiger partial charge is 0.367 e. The molecule has 0 saturated carbocycles. The Morgan fingerprint density at radius 2 is 2.00 bits per heavy atom. The Hall–Kier alpha value is -0.760. The van der Waals surface area contributed by atoms with Crippen LogP contribution in [0.25, 0.3) is 0 Å². The molecule has 1 aromatic heterocycles. The van der Waals surface area contributed by atoms with Gasteiger partial charge in [-0.1, -0.05) is 44.4 Å². The molecule has 2 nitrogen and oxygen atoms in total. The van der Waals surface area contributed by atoms with E-state index in [-0.39, 0.29) is 0 Å². The lowest BCUT2D eigenvalue weighted by Crippen LogP contribution is -2.25. The molecule has 1 rings (SSSR count). The van der Waals surface area contributed by atoms with E-state index in [9.17, 15) is 0 Å². The standard InChI is InChI=1S/C12H19ClN2/c1-4-10(5-2)9(3)14-12-8-6-7-11(13)15-12/h6-10H,4-5H2,1-3H3,(H,14,15). The lowest BCUT2D eigenvalue weighted by molar-refractivity contribution is 0.437. The van der Waals surface area contributed by atoms with Gasteiger partial charge in [0.15, 0.2) is 0 Å². The van der Waals surface area contributed by atoms with Crippen LogP contribution in [-0.2, 0) is 0 Å². The van der Waals surface area contributed by atoms with Crippen molar-refractivity contribution in [3.8, 4) is 0 Å². The highest BCUT2D eigenvalue weighted by Gasteiger charge is 2.13. The number of nitrogens with one attached hydrogen (secondary N) is 1. The van der Waals surface area contributed by atoms with Crippen LogP contribution in [0.4, 0.5) is 5.82 Å². The molecule has 1 N–H and O–H groups in total. The molecule has 1 aromatic rings. The molecule has 0 bridgehead atoms. The molecule has 3 heteroatoms. The smallest absolute Gasteiger partial charge is 0.131 e. The number of anilines is 1. The van der Waals surface area contributed by atoms with Crippen molar-refractivity contribution in [2.45, 2.75) is 39.7 Å². The van der Waals surface area contributed by atoms with E-state index in [1.807, 2.05) is 12.1 Å². The zero-order valence-electron chi connectivity index (χ0n) is 9.63. The summed E-state index contributed by atoms with van der Waals surface area (Å²) in [5.74, 6) is 1.55. The summed E-state index contributed by atoms with van der Waals surface area (Å²) in [6, 6.07) is 6.09. The van der Waals surface area contributed by atoms with E-state index in [1.165, 1.54) is 12.8 Å². The van der Waals surface area contributed by atoms with E-state index in [4.69, 9.17) is 11.6 Å². The van der Waals surface area contributed by atoms with Crippen LogP contribution in [0.1, 0.15) is 33.6 Å². The van der Waals surface area contributed by atoms with Crippen LogP contribution in [0.2, 0.25) is 5.15 Å². The summed E-state index contributed by atoms with van der Waals surface area (Å²) in [5, 5.41) is 3.93. The minimum Gasteiger partial charge on any atom is -0.367 e. The fourth-order valence-electron chi connectivity index (χ4n) is 1.84. The van der Waals surface area contributed by atoms with Crippen LogP contribution in [-0.4, -0.2) is 11.0 Å². The zero-order valence-corrected chi connectivity index (χ0v) is 10.4. The fourth-order valence-corrected chi connectivity index (χ4v) is 2.00. The van der Waals surface area contributed by atoms with Gasteiger partial charge in [0.05, 0.1) is 0 Å². The fraction of sp³-hybridized carbons (Fsp3) is 0.583. The van der Waals surface area contributed by atoms with Crippen molar-refractivity contribution in [2.24, 2.45) is 5.92 Å². The van der Waals surface area contributed by atoms with Gasteiger partial charge in [-0.2, -0.15) is 0 Å². The second-order valence-electron chi connectivity index (χ2n) is 3.86. The zero-order chi connectivity index (χ0) is 11.3. The van der Waals surface area contributed by atoms with Gasteiger partial charge < -0.3 is 5.32 Å². The third-order valence-corrected chi connectivity index (χ3v) is 3.06. The summed E-state index contributed by atoms with van der Waals surface area (Å²) in [4.78, 5) is 4.22. The SMILES string of the molecule is CCC(CC)C(C)Nc1cccc(Cl)n1. The molecule has 0 aliphatic heterocycles. The molecule has 0 aromatic carbocycles. The molecule has 15 heavy (non-hydrogen) atoms. The van der Waals surface area contributed by atoms with E-state index in [0.29, 0.717) is 17.1 Å². The van der Waals surface area contributed by atoms with E-state index < -0.39 is 0 Å². The van der Waals surface area contributed by atoms with Crippen molar-refractivity contribution in [3.05, 3.63) is 23.4 Å². The molecule has 0 saturated heterocycles. The number of nitrogens with zero attached hydrogens (tertiary/aromatic N) is 1. The predicted molar refractivity (Wildman–Crippen MR) is 66.4 cm³/mol. The number of rotatable bonds is 5. The van der Waals surface area contributed by atoms with Crippen LogP contribution in [0.3, 0.4) is 0 Å². The molecule has 0 fully saturated rings. The second kappa shape index (κ2) is 5.96. The Labute approximate surface area is 97.1 Å². The monoisotopic (exact) mass is 226 g/mol. The Bertz CT molecular complexity index is 297. The summed E-state index contributed by atoms with van der Waals surface area (Å²) in [6.07, 6.45) is 2.37. The maximum absolute atomic E-state index is 5.82. The average molecular weight is 227 g/mol. The summed E-state index contributed by atoms with van der Waals surface area (Å²) >= 11 is 5.82. The first-order valence-electron chi connectivity index (χ1n) is 5.56. The van der Waals surface area contributed by atoms with Crippen LogP contribution >= 0.6 is 11.6 Å². The lowest BCUT2D eigenvalue weighted by Gasteiger charge is -2.22. The van der Waals surface area contributed by atoms with Gasteiger partial charge in [-0.15, -0.1) is 0 Å². The minimum atomic E-state index is 0.436. The quantitative estimate of drug-likeness (QED) is 0.769. The normalized spacial score (nSPS) is 12.9. The average Bonchev–Trinajstić information content (AvgIpc) is 2.19. The summed E-state index contributed by atoms with van der Waals surface area (Å²) in [5.41, 5.74) is 0. The maximum Gasteiger partial charge on any atom is 0.131 e. The van der Waals surface area contributed by atoms with Crippen molar-refractivity contribution in [1.29, 1.82) is 0 Å². The van der Waals surface area contributed by atoms with Gasteiger partial charge in [0, 0.05) is 6.04 Å².